The minimum Gasteiger partial charge on any atom is -0.373 e. The quantitative estimate of drug-likeness (QED) is 0.559. The smallest absolute Gasteiger partial charge is 0.330 e. The van der Waals surface area contributed by atoms with E-state index in [2.05, 4.69) is 23.9 Å². The summed E-state index contributed by atoms with van der Waals surface area (Å²) in [6, 6.07) is 4.50. The Bertz CT molecular complexity index is 631. The Morgan fingerprint density at radius 2 is 2.15 bits per heavy atom. The van der Waals surface area contributed by atoms with Crippen LogP contribution in [0.3, 0.4) is 0 Å². The lowest BCUT2D eigenvalue weighted by molar-refractivity contribution is -0.155. The molecule has 3 atom stereocenters. The van der Waals surface area contributed by atoms with Crippen LogP contribution in [0.1, 0.15) is 94.5 Å². The van der Waals surface area contributed by atoms with Crippen LogP contribution in [0.5, 0.6) is 0 Å². The number of carbonyl (C=O) groups excluding carboxylic acids is 1. The van der Waals surface area contributed by atoms with Crippen LogP contribution in [-0.2, 0) is 22.5 Å². The summed E-state index contributed by atoms with van der Waals surface area (Å²) in [7, 11) is 0. The van der Waals surface area contributed by atoms with Gasteiger partial charge >= 0.3 is 5.97 Å². The van der Waals surface area contributed by atoms with Crippen LogP contribution in [0.15, 0.2) is 12.1 Å². The van der Waals surface area contributed by atoms with Gasteiger partial charge in [-0.2, -0.15) is 5.90 Å². The zero-order valence-electron chi connectivity index (χ0n) is 16.4. The number of hydrogen-bond acceptors (Lipinski definition) is 4. The highest BCUT2D eigenvalue weighted by Gasteiger charge is 2.43. The van der Waals surface area contributed by atoms with Crippen molar-refractivity contribution in [1.82, 2.24) is 4.98 Å². The molecule has 2 N–H and O–H groups in total. The van der Waals surface area contributed by atoms with Crippen LogP contribution >= 0.6 is 0 Å². The van der Waals surface area contributed by atoms with Crippen molar-refractivity contribution in [3.8, 4) is 0 Å². The Labute approximate surface area is 157 Å². The largest absolute Gasteiger partial charge is 0.373 e. The molecule has 1 fully saturated rings. The molecule has 0 aromatic carbocycles. The standard InChI is InChI=1S/C22H34N2O2/c1-3-4-5-6-7-16-8-10-19-17(14-16)9-11-20(24-19)18-12-13-22(2,15-18)21(25)26-23/h9,11,16,18H,3-8,10,12-15,23H2,1-2H3. The molecule has 0 amide bonds. The monoisotopic (exact) mass is 358 g/mol. The Morgan fingerprint density at radius 3 is 2.92 bits per heavy atom. The van der Waals surface area contributed by atoms with Crippen molar-refractivity contribution in [2.45, 2.75) is 90.4 Å². The van der Waals surface area contributed by atoms with Crippen LogP contribution in [0, 0.1) is 11.3 Å². The third kappa shape index (κ3) is 4.28. The number of nitrogens with zero attached hydrogens (tertiary/aromatic N) is 1. The van der Waals surface area contributed by atoms with Crippen molar-refractivity contribution in [3.05, 3.63) is 29.1 Å². The number of fused-ring (bicyclic) bond motifs is 1. The van der Waals surface area contributed by atoms with Crippen LogP contribution in [-0.4, -0.2) is 11.0 Å². The summed E-state index contributed by atoms with van der Waals surface area (Å²) < 4.78 is 0. The molecule has 4 heteroatoms. The van der Waals surface area contributed by atoms with E-state index in [0.29, 0.717) is 5.92 Å². The van der Waals surface area contributed by atoms with E-state index in [9.17, 15) is 4.79 Å². The Balaban J connectivity index is 1.60. The van der Waals surface area contributed by atoms with Gasteiger partial charge < -0.3 is 4.84 Å². The van der Waals surface area contributed by atoms with E-state index in [-0.39, 0.29) is 5.97 Å². The van der Waals surface area contributed by atoms with E-state index in [1.807, 2.05) is 6.92 Å². The number of carbonyl (C=O) groups is 1. The first-order valence-electron chi connectivity index (χ1n) is 10.5. The molecule has 2 aliphatic rings. The average molecular weight is 359 g/mol. The maximum absolute atomic E-state index is 11.9. The zero-order valence-corrected chi connectivity index (χ0v) is 16.4. The topological polar surface area (TPSA) is 65.2 Å². The summed E-state index contributed by atoms with van der Waals surface area (Å²) in [5, 5.41) is 0. The summed E-state index contributed by atoms with van der Waals surface area (Å²) in [6.07, 6.45) is 13.0. The molecule has 1 heterocycles. The van der Waals surface area contributed by atoms with Gasteiger partial charge in [-0.05, 0) is 63.0 Å². The minimum absolute atomic E-state index is 0.288. The first kappa shape index (κ1) is 19.3. The highest BCUT2D eigenvalue weighted by molar-refractivity contribution is 5.76. The van der Waals surface area contributed by atoms with Gasteiger partial charge in [0.1, 0.15) is 0 Å². The van der Waals surface area contributed by atoms with Crippen LogP contribution in [0.2, 0.25) is 0 Å². The van der Waals surface area contributed by atoms with Crippen LogP contribution in [0.4, 0.5) is 0 Å². The number of unbranched alkanes of at least 4 members (excludes halogenated alkanes) is 3. The molecule has 0 saturated heterocycles. The van der Waals surface area contributed by atoms with Gasteiger partial charge in [-0.3, -0.25) is 4.98 Å². The first-order chi connectivity index (χ1) is 12.6. The maximum atomic E-state index is 11.9. The minimum atomic E-state index is -0.458. The van der Waals surface area contributed by atoms with Crippen LogP contribution in [0.25, 0.3) is 0 Å². The maximum Gasteiger partial charge on any atom is 0.330 e. The van der Waals surface area contributed by atoms with E-state index in [1.54, 1.807) is 0 Å². The SMILES string of the molecule is CCCCCCC1CCc2nc(C3CCC(C)(C(=O)ON)C3)ccc2C1. The average Bonchev–Trinajstić information content (AvgIpc) is 3.07. The van der Waals surface area contributed by atoms with E-state index < -0.39 is 5.41 Å². The fraction of sp³-hybridized carbons (Fsp3) is 0.727. The van der Waals surface area contributed by atoms with Gasteiger partial charge in [-0.1, -0.05) is 45.1 Å². The fourth-order valence-electron chi connectivity index (χ4n) is 4.86. The molecule has 144 valence electrons. The number of hydrogen-bond donors (Lipinski definition) is 1. The highest BCUT2D eigenvalue weighted by atomic mass is 16.7. The highest BCUT2D eigenvalue weighted by Crippen LogP contribution is 2.46. The van der Waals surface area contributed by atoms with E-state index >= 15 is 0 Å². The van der Waals surface area contributed by atoms with Gasteiger partial charge in [0.2, 0.25) is 0 Å². The van der Waals surface area contributed by atoms with Crippen molar-refractivity contribution in [2.75, 3.05) is 0 Å². The number of pyridine rings is 1. The molecular formula is C22H34N2O2. The van der Waals surface area contributed by atoms with E-state index in [1.165, 1.54) is 56.2 Å². The molecular weight excluding hydrogens is 324 g/mol. The number of nitrogens with two attached hydrogens (primary N) is 1. The number of rotatable bonds is 7. The summed E-state index contributed by atoms with van der Waals surface area (Å²) >= 11 is 0. The Kier molecular flexibility index (Phi) is 6.33. The normalized spacial score (nSPS) is 28.0. The molecule has 4 nitrogen and oxygen atoms in total. The zero-order chi connectivity index (χ0) is 18.6. The third-order valence-corrected chi connectivity index (χ3v) is 6.61. The van der Waals surface area contributed by atoms with Crippen molar-refractivity contribution in [1.29, 1.82) is 0 Å². The lowest BCUT2D eigenvalue weighted by Crippen LogP contribution is -2.29. The number of aryl methyl sites for hydroxylation is 1. The number of aromatic nitrogens is 1. The first-order valence-corrected chi connectivity index (χ1v) is 10.5. The molecule has 3 rings (SSSR count). The Morgan fingerprint density at radius 1 is 1.31 bits per heavy atom. The van der Waals surface area contributed by atoms with Gasteiger partial charge in [-0.15, -0.1) is 0 Å². The summed E-state index contributed by atoms with van der Waals surface area (Å²) in [5.41, 5.74) is 3.43. The van der Waals surface area contributed by atoms with Crippen molar-refractivity contribution < 1.29 is 9.63 Å². The molecule has 3 unspecified atom stereocenters. The van der Waals surface area contributed by atoms with Gasteiger partial charge in [0, 0.05) is 17.3 Å². The molecule has 2 aliphatic carbocycles. The summed E-state index contributed by atoms with van der Waals surface area (Å²) in [5.74, 6) is 6.00. The summed E-state index contributed by atoms with van der Waals surface area (Å²) in [6.45, 7) is 4.23. The molecule has 0 bridgehead atoms. The van der Waals surface area contributed by atoms with Crippen molar-refractivity contribution in [2.24, 2.45) is 17.2 Å². The fourth-order valence-corrected chi connectivity index (χ4v) is 4.86. The summed E-state index contributed by atoms with van der Waals surface area (Å²) in [4.78, 5) is 21.5. The second-order valence-electron chi connectivity index (χ2n) is 8.71. The second-order valence-corrected chi connectivity index (χ2v) is 8.71. The van der Waals surface area contributed by atoms with Crippen LogP contribution < -0.4 is 5.90 Å². The lowest BCUT2D eigenvalue weighted by Gasteiger charge is -2.25. The Hall–Kier alpha value is -1.42. The van der Waals surface area contributed by atoms with Crippen molar-refractivity contribution >= 4 is 5.97 Å². The molecule has 0 spiro atoms. The van der Waals surface area contributed by atoms with Gasteiger partial charge in [0.05, 0.1) is 5.41 Å². The van der Waals surface area contributed by atoms with E-state index in [4.69, 9.17) is 10.9 Å². The van der Waals surface area contributed by atoms with Crippen molar-refractivity contribution in [3.63, 3.8) is 0 Å². The molecule has 0 aliphatic heterocycles. The predicted molar refractivity (Wildman–Crippen MR) is 103 cm³/mol. The predicted octanol–water partition coefficient (Wildman–Crippen LogP) is 4.85. The van der Waals surface area contributed by atoms with Gasteiger partial charge in [0.15, 0.2) is 0 Å². The molecule has 1 aromatic rings. The van der Waals surface area contributed by atoms with Gasteiger partial charge in [-0.25, -0.2) is 4.79 Å². The third-order valence-electron chi connectivity index (χ3n) is 6.61. The molecule has 0 radical (unpaired) electrons. The molecule has 1 saturated carbocycles. The van der Waals surface area contributed by atoms with E-state index in [0.717, 1.165) is 37.3 Å². The molecule has 1 aromatic heterocycles. The second kappa shape index (κ2) is 8.51. The lowest BCUT2D eigenvalue weighted by atomic mass is 9.82. The van der Waals surface area contributed by atoms with Gasteiger partial charge in [0.25, 0.3) is 0 Å². The molecule has 26 heavy (non-hydrogen) atoms.